The van der Waals surface area contributed by atoms with Crippen LogP contribution in [0.5, 0.6) is 0 Å². The van der Waals surface area contributed by atoms with Gasteiger partial charge in [0.25, 0.3) is 0 Å². The van der Waals surface area contributed by atoms with E-state index in [0.717, 1.165) is 5.56 Å². The highest BCUT2D eigenvalue weighted by Crippen LogP contribution is 2.32. The van der Waals surface area contributed by atoms with Crippen molar-refractivity contribution in [3.63, 3.8) is 0 Å². The van der Waals surface area contributed by atoms with Crippen LogP contribution >= 0.6 is 0 Å². The Bertz CT molecular complexity index is 553. The minimum absolute atomic E-state index is 0.0609. The summed E-state index contributed by atoms with van der Waals surface area (Å²) in [4.78, 5) is 24.2. The molecule has 3 amide bonds. The van der Waals surface area contributed by atoms with E-state index < -0.39 is 0 Å². The van der Waals surface area contributed by atoms with E-state index >= 15 is 0 Å². The van der Waals surface area contributed by atoms with Gasteiger partial charge in [-0.2, -0.15) is 0 Å². The molecule has 1 aliphatic heterocycles. The van der Waals surface area contributed by atoms with E-state index in [4.69, 9.17) is 0 Å². The number of amides is 3. The van der Waals surface area contributed by atoms with Crippen molar-refractivity contribution in [2.24, 2.45) is 5.41 Å². The number of imide groups is 1. The van der Waals surface area contributed by atoms with Crippen LogP contribution in [0.3, 0.4) is 0 Å². The maximum Gasteiger partial charge on any atom is 0.324 e. The first-order valence-corrected chi connectivity index (χ1v) is 7.36. The lowest BCUT2D eigenvalue weighted by atomic mass is 9.82. The maximum absolute atomic E-state index is 13.5. The zero-order valence-corrected chi connectivity index (χ0v) is 13.1. The number of nitrogens with one attached hydrogen (secondary N) is 2. The van der Waals surface area contributed by atoms with E-state index in [2.05, 4.69) is 31.4 Å². The highest BCUT2D eigenvalue weighted by Gasteiger charge is 2.30. The van der Waals surface area contributed by atoms with E-state index in [1.807, 2.05) is 6.07 Å². The number of benzene rings is 1. The third-order valence-corrected chi connectivity index (χ3v) is 3.67. The summed E-state index contributed by atoms with van der Waals surface area (Å²) in [6.07, 6.45) is 0. The lowest BCUT2D eigenvalue weighted by Crippen LogP contribution is -2.40. The van der Waals surface area contributed by atoms with Crippen molar-refractivity contribution in [3.05, 3.63) is 35.6 Å². The normalized spacial score (nSPS) is 16.8. The van der Waals surface area contributed by atoms with Gasteiger partial charge in [-0.1, -0.05) is 32.9 Å². The van der Waals surface area contributed by atoms with Crippen molar-refractivity contribution in [1.82, 2.24) is 15.5 Å². The first-order valence-electron chi connectivity index (χ1n) is 7.36. The zero-order chi connectivity index (χ0) is 16.3. The molecule has 120 valence electrons. The summed E-state index contributed by atoms with van der Waals surface area (Å²) < 4.78 is 13.5. The van der Waals surface area contributed by atoms with E-state index in [0.29, 0.717) is 13.1 Å². The average Bonchev–Trinajstić information content (AvgIpc) is 2.73. The lowest BCUT2D eigenvalue weighted by molar-refractivity contribution is -0.124. The molecule has 0 unspecified atom stereocenters. The van der Waals surface area contributed by atoms with Gasteiger partial charge in [-0.05, 0) is 23.1 Å². The molecule has 0 aromatic heterocycles. The summed E-state index contributed by atoms with van der Waals surface area (Å²) in [5.74, 6) is -0.493. The number of carbonyl (C=O) groups is 2. The van der Waals surface area contributed by atoms with Crippen molar-refractivity contribution < 1.29 is 14.0 Å². The molecule has 1 saturated heterocycles. The monoisotopic (exact) mass is 307 g/mol. The van der Waals surface area contributed by atoms with Crippen molar-refractivity contribution >= 4 is 11.9 Å². The average molecular weight is 307 g/mol. The van der Waals surface area contributed by atoms with Gasteiger partial charge in [-0.25, -0.2) is 9.18 Å². The van der Waals surface area contributed by atoms with Gasteiger partial charge < -0.3 is 10.6 Å². The van der Waals surface area contributed by atoms with E-state index in [9.17, 15) is 14.0 Å². The van der Waals surface area contributed by atoms with Crippen LogP contribution in [-0.2, 0) is 4.79 Å². The summed E-state index contributed by atoms with van der Waals surface area (Å²) in [5.41, 5.74) is 0.718. The Morgan fingerprint density at radius 1 is 1.36 bits per heavy atom. The highest BCUT2D eigenvalue weighted by molar-refractivity contribution is 6.01. The van der Waals surface area contributed by atoms with Crippen LogP contribution in [0.1, 0.15) is 32.4 Å². The molecule has 1 heterocycles. The molecule has 1 atom stereocenters. The molecule has 1 aromatic carbocycles. The topological polar surface area (TPSA) is 61.4 Å². The summed E-state index contributed by atoms with van der Waals surface area (Å²) in [6, 6.07) is 6.05. The number of nitrogens with zero attached hydrogens (tertiary/aromatic N) is 1. The maximum atomic E-state index is 13.5. The molecule has 0 bridgehead atoms. The van der Waals surface area contributed by atoms with Crippen molar-refractivity contribution in [2.75, 3.05) is 19.6 Å². The first-order chi connectivity index (χ1) is 10.3. The fraction of sp³-hybridized carbons (Fsp3) is 0.500. The molecule has 0 saturated carbocycles. The molecular formula is C16H22FN3O2. The van der Waals surface area contributed by atoms with Gasteiger partial charge in [0, 0.05) is 19.1 Å². The second kappa shape index (κ2) is 6.44. The lowest BCUT2D eigenvalue weighted by Gasteiger charge is -2.32. The minimum atomic E-state index is -0.357. The van der Waals surface area contributed by atoms with Crippen molar-refractivity contribution in [3.8, 4) is 0 Å². The molecule has 1 fully saturated rings. The van der Waals surface area contributed by atoms with Gasteiger partial charge in [0.15, 0.2) is 0 Å². The smallest absolute Gasteiger partial charge is 0.324 e. The Labute approximate surface area is 129 Å². The Morgan fingerprint density at radius 3 is 2.64 bits per heavy atom. The number of hydrogen-bond acceptors (Lipinski definition) is 3. The predicted molar refractivity (Wildman–Crippen MR) is 81.7 cm³/mol. The summed E-state index contributed by atoms with van der Waals surface area (Å²) >= 11 is 0. The number of hydrogen-bond donors (Lipinski definition) is 2. The second-order valence-corrected chi connectivity index (χ2v) is 6.51. The number of halogens is 1. The van der Waals surface area contributed by atoms with Gasteiger partial charge in [0.05, 0.1) is 6.54 Å². The Kier molecular flexibility index (Phi) is 4.81. The van der Waals surface area contributed by atoms with Crippen LogP contribution in [0.15, 0.2) is 24.3 Å². The molecule has 5 nitrogen and oxygen atoms in total. The fourth-order valence-electron chi connectivity index (χ4n) is 2.61. The van der Waals surface area contributed by atoms with Crippen molar-refractivity contribution in [1.29, 1.82) is 0 Å². The SMILES string of the molecule is CC(C)(C)[C@H](NCCN1C(=O)CNC1=O)c1cccc(F)c1. The third-order valence-electron chi connectivity index (χ3n) is 3.67. The van der Waals surface area contributed by atoms with E-state index in [1.165, 1.54) is 17.0 Å². The van der Waals surface area contributed by atoms with E-state index in [1.54, 1.807) is 6.07 Å². The number of carbonyl (C=O) groups excluding carboxylic acids is 2. The van der Waals surface area contributed by atoms with Crippen molar-refractivity contribution in [2.45, 2.75) is 26.8 Å². The van der Waals surface area contributed by atoms with Crippen LogP contribution in [0.2, 0.25) is 0 Å². The standard InChI is InChI=1S/C16H22FN3O2/c1-16(2,3)14(11-5-4-6-12(17)9-11)18-7-8-20-13(21)10-19-15(20)22/h4-6,9,14,18H,7-8,10H2,1-3H3,(H,19,22)/t14-/m1/s1. The summed E-state index contributed by atoms with van der Waals surface area (Å²) in [5, 5.41) is 5.82. The van der Waals surface area contributed by atoms with Gasteiger partial charge >= 0.3 is 6.03 Å². The quantitative estimate of drug-likeness (QED) is 0.819. The minimum Gasteiger partial charge on any atom is -0.329 e. The molecule has 1 aliphatic rings. The molecule has 0 aliphatic carbocycles. The molecular weight excluding hydrogens is 285 g/mol. The first kappa shape index (κ1) is 16.4. The summed E-state index contributed by atoms with van der Waals surface area (Å²) in [7, 11) is 0. The predicted octanol–water partition coefficient (Wildman–Crippen LogP) is 2.05. The molecule has 22 heavy (non-hydrogen) atoms. The fourth-order valence-corrected chi connectivity index (χ4v) is 2.61. The number of rotatable bonds is 5. The molecule has 2 rings (SSSR count). The van der Waals surface area contributed by atoms with Crippen LogP contribution in [0.25, 0.3) is 0 Å². The Balaban J connectivity index is 2.02. The van der Waals surface area contributed by atoms with Crippen LogP contribution in [-0.4, -0.2) is 36.5 Å². The largest absolute Gasteiger partial charge is 0.329 e. The Hall–Kier alpha value is -1.95. The second-order valence-electron chi connectivity index (χ2n) is 6.51. The van der Waals surface area contributed by atoms with Gasteiger partial charge in [0.2, 0.25) is 5.91 Å². The summed E-state index contributed by atoms with van der Waals surface area (Å²) in [6.45, 7) is 6.99. The molecule has 6 heteroatoms. The van der Waals surface area contributed by atoms with Crippen LogP contribution in [0.4, 0.5) is 9.18 Å². The molecule has 1 aromatic rings. The molecule has 0 spiro atoms. The van der Waals surface area contributed by atoms with Crippen LogP contribution < -0.4 is 10.6 Å². The van der Waals surface area contributed by atoms with Gasteiger partial charge in [0.1, 0.15) is 5.82 Å². The van der Waals surface area contributed by atoms with E-state index in [-0.39, 0.29) is 35.8 Å². The zero-order valence-electron chi connectivity index (χ0n) is 13.1. The van der Waals surface area contributed by atoms with Gasteiger partial charge in [-0.3, -0.25) is 9.69 Å². The Morgan fingerprint density at radius 2 is 2.09 bits per heavy atom. The molecule has 0 radical (unpaired) electrons. The third kappa shape index (κ3) is 3.82. The van der Waals surface area contributed by atoms with Crippen LogP contribution in [0, 0.1) is 11.2 Å². The number of urea groups is 1. The molecule has 2 N–H and O–H groups in total. The highest BCUT2D eigenvalue weighted by atomic mass is 19.1. The van der Waals surface area contributed by atoms with Gasteiger partial charge in [-0.15, -0.1) is 0 Å².